The molecule has 1 aliphatic rings. The minimum Gasteiger partial charge on any atom is -0.455 e. The SMILES string of the molecule is Cc1c(-c2ccccc2)oc2c(C(=O)N3CCNC(=O)C3)cccc2c1=O. The summed E-state index contributed by atoms with van der Waals surface area (Å²) in [4.78, 5) is 39.0. The van der Waals surface area contributed by atoms with Crippen LogP contribution in [-0.4, -0.2) is 36.3 Å². The van der Waals surface area contributed by atoms with Gasteiger partial charge in [-0.2, -0.15) is 0 Å². The summed E-state index contributed by atoms with van der Waals surface area (Å²) < 4.78 is 6.08. The predicted octanol–water partition coefficient (Wildman–Crippen LogP) is 2.34. The molecule has 0 radical (unpaired) electrons. The van der Waals surface area contributed by atoms with E-state index in [2.05, 4.69) is 5.32 Å². The lowest BCUT2D eigenvalue weighted by Crippen LogP contribution is -2.50. The van der Waals surface area contributed by atoms with E-state index in [1.807, 2.05) is 30.3 Å². The van der Waals surface area contributed by atoms with Crippen LogP contribution in [0.5, 0.6) is 0 Å². The lowest BCUT2D eigenvalue weighted by molar-refractivity contribution is -0.123. The molecule has 0 atom stereocenters. The van der Waals surface area contributed by atoms with Gasteiger partial charge in [0.2, 0.25) is 5.91 Å². The number of hydrogen-bond donors (Lipinski definition) is 1. The third-order valence-electron chi connectivity index (χ3n) is 4.74. The van der Waals surface area contributed by atoms with Crippen LogP contribution in [0.1, 0.15) is 15.9 Å². The molecule has 0 bridgehead atoms. The van der Waals surface area contributed by atoms with Crippen molar-refractivity contribution < 1.29 is 14.0 Å². The van der Waals surface area contributed by atoms with Gasteiger partial charge < -0.3 is 14.6 Å². The van der Waals surface area contributed by atoms with E-state index in [9.17, 15) is 14.4 Å². The Kier molecular flexibility index (Phi) is 4.24. The van der Waals surface area contributed by atoms with Crippen LogP contribution in [0.15, 0.2) is 57.7 Å². The number of amides is 2. The van der Waals surface area contributed by atoms with Gasteiger partial charge in [-0.1, -0.05) is 36.4 Å². The highest BCUT2D eigenvalue weighted by Crippen LogP contribution is 2.27. The number of para-hydroxylation sites is 1. The predicted molar refractivity (Wildman–Crippen MR) is 102 cm³/mol. The Morgan fingerprint density at radius 2 is 1.85 bits per heavy atom. The van der Waals surface area contributed by atoms with E-state index >= 15 is 0 Å². The maximum absolute atomic E-state index is 13.0. The maximum atomic E-state index is 13.0. The minimum atomic E-state index is -0.318. The van der Waals surface area contributed by atoms with Gasteiger partial charge in [0.25, 0.3) is 5.91 Å². The number of rotatable bonds is 2. The van der Waals surface area contributed by atoms with Crippen molar-refractivity contribution in [1.29, 1.82) is 0 Å². The van der Waals surface area contributed by atoms with Gasteiger partial charge in [0.05, 0.1) is 17.5 Å². The topological polar surface area (TPSA) is 79.6 Å². The highest BCUT2D eigenvalue weighted by atomic mass is 16.3. The van der Waals surface area contributed by atoms with Crippen LogP contribution >= 0.6 is 0 Å². The quantitative estimate of drug-likeness (QED) is 0.759. The molecule has 6 nitrogen and oxygen atoms in total. The molecule has 0 saturated carbocycles. The molecular formula is C21H18N2O4. The van der Waals surface area contributed by atoms with Crippen LogP contribution in [0.2, 0.25) is 0 Å². The lowest BCUT2D eigenvalue weighted by atomic mass is 10.0. The lowest BCUT2D eigenvalue weighted by Gasteiger charge is -2.26. The van der Waals surface area contributed by atoms with Crippen molar-refractivity contribution in [2.45, 2.75) is 6.92 Å². The molecule has 3 aromatic rings. The first kappa shape index (κ1) is 17.0. The van der Waals surface area contributed by atoms with Crippen molar-refractivity contribution in [3.8, 4) is 11.3 Å². The normalized spacial score (nSPS) is 14.3. The molecule has 136 valence electrons. The van der Waals surface area contributed by atoms with E-state index in [0.29, 0.717) is 29.8 Å². The molecule has 0 unspecified atom stereocenters. The van der Waals surface area contributed by atoms with Gasteiger partial charge in [0, 0.05) is 24.2 Å². The van der Waals surface area contributed by atoms with E-state index in [-0.39, 0.29) is 34.9 Å². The Labute approximate surface area is 155 Å². The molecule has 6 heteroatoms. The van der Waals surface area contributed by atoms with Crippen LogP contribution in [0.3, 0.4) is 0 Å². The molecule has 2 aromatic carbocycles. The third kappa shape index (κ3) is 2.99. The van der Waals surface area contributed by atoms with Gasteiger partial charge in [0.1, 0.15) is 5.76 Å². The first-order valence-electron chi connectivity index (χ1n) is 8.74. The van der Waals surface area contributed by atoms with Crippen LogP contribution in [-0.2, 0) is 4.79 Å². The molecule has 1 fully saturated rings. The highest BCUT2D eigenvalue weighted by Gasteiger charge is 2.25. The molecule has 0 aliphatic carbocycles. The Morgan fingerprint density at radius 3 is 2.59 bits per heavy atom. The zero-order chi connectivity index (χ0) is 19.0. The third-order valence-corrected chi connectivity index (χ3v) is 4.74. The Morgan fingerprint density at radius 1 is 1.07 bits per heavy atom. The molecule has 2 amide bonds. The van der Waals surface area contributed by atoms with E-state index in [0.717, 1.165) is 5.56 Å². The summed E-state index contributed by atoms with van der Waals surface area (Å²) in [7, 11) is 0. The smallest absolute Gasteiger partial charge is 0.258 e. The van der Waals surface area contributed by atoms with E-state index < -0.39 is 0 Å². The average Bonchev–Trinajstić information content (AvgIpc) is 2.70. The summed E-state index contributed by atoms with van der Waals surface area (Å²) in [6, 6.07) is 14.3. The standard InChI is InChI=1S/C21H18N2O4/c1-13-18(25)15-8-5-9-16(21(26)23-11-10-22-17(24)12-23)20(15)27-19(13)14-6-3-2-4-7-14/h2-9H,10-12H2,1H3,(H,22,24). The van der Waals surface area contributed by atoms with Gasteiger partial charge in [-0.3, -0.25) is 14.4 Å². The van der Waals surface area contributed by atoms with Gasteiger partial charge in [-0.25, -0.2) is 0 Å². The van der Waals surface area contributed by atoms with Gasteiger partial charge in [-0.15, -0.1) is 0 Å². The first-order chi connectivity index (χ1) is 13.1. The zero-order valence-corrected chi connectivity index (χ0v) is 14.8. The number of nitrogens with zero attached hydrogens (tertiary/aromatic N) is 1. The molecule has 27 heavy (non-hydrogen) atoms. The molecule has 1 aliphatic heterocycles. The summed E-state index contributed by atoms with van der Waals surface area (Å²) in [5.74, 6) is -0.0664. The second-order valence-electron chi connectivity index (χ2n) is 6.51. The molecular weight excluding hydrogens is 344 g/mol. The number of carbonyl (C=O) groups is 2. The fraction of sp³-hybridized carbons (Fsp3) is 0.190. The van der Waals surface area contributed by atoms with E-state index in [4.69, 9.17) is 4.42 Å². The van der Waals surface area contributed by atoms with Crippen molar-refractivity contribution in [2.24, 2.45) is 0 Å². The van der Waals surface area contributed by atoms with Crippen LogP contribution in [0.25, 0.3) is 22.3 Å². The van der Waals surface area contributed by atoms with Crippen LogP contribution < -0.4 is 10.7 Å². The summed E-state index contributed by atoms with van der Waals surface area (Å²) in [5, 5.41) is 3.06. The second-order valence-corrected chi connectivity index (χ2v) is 6.51. The van der Waals surface area contributed by atoms with Crippen molar-refractivity contribution in [3.05, 3.63) is 69.9 Å². The first-order valence-corrected chi connectivity index (χ1v) is 8.74. The Hall–Kier alpha value is -3.41. The molecule has 0 spiro atoms. The van der Waals surface area contributed by atoms with Gasteiger partial charge >= 0.3 is 0 Å². The van der Waals surface area contributed by atoms with Crippen molar-refractivity contribution in [1.82, 2.24) is 10.2 Å². The van der Waals surface area contributed by atoms with Crippen molar-refractivity contribution in [3.63, 3.8) is 0 Å². The van der Waals surface area contributed by atoms with Crippen molar-refractivity contribution in [2.75, 3.05) is 19.6 Å². The Balaban J connectivity index is 1.90. The van der Waals surface area contributed by atoms with Crippen LogP contribution in [0, 0.1) is 6.92 Å². The van der Waals surface area contributed by atoms with Gasteiger partial charge in [-0.05, 0) is 19.1 Å². The number of benzene rings is 2. The van der Waals surface area contributed by atoms with Crippen LogP contribution in [0.4, 0.5) is 0 Å². The summed E-state index contributed by atoms with van der Waals surface area (Å²) in [5.41, 5.74) is 1.64. The summed E-state index contributed by atoms with van der Waals surface area (Å²) in [6.07, 6.45) is 0. The summed E-state index contributed by atoms with van der Waals surface area (Å²) in [6.45, 7) is 2.55. The average molecular weight is 362 g/mol. The fourth-order valence-corrected chi connectivity index (χ4v) is 3.33. The zero-order valence-electron chi connectivity index (χ0n) is 14.8. The molecule has 1 saturated heterocycles. The number of fused-ring (bicyclic) bond motifs is 1. The molecule has 4 rings (SSSR count). The van der Waals surface area contributed by atoms with Crippen molar-refractivity contribution >= 4 is 22.8 Å². The Bertz CT molecular complexity index is 1100. The highest BCUT2D eigenvalue weighted by molar-refractivity contribution is 6.06. The molecule has 1 N–H and O–H groups in total. The van der Waals surface area contributed by atoms with E-state index in [1.54, 1.807) is 25.1 Å². The fourth-order valence-electron chi connectivity index (χ4n) is 3.33. The maximum Gasteiger partial charge on any atom is 0.258 e. The number of carbonyl (C=O) groups excluding carboxylic acids is 2. The largest absolute Gasteiger partial charge is 0.455 e. The van der Waals surface area contributed by atoms with Gasteiger partial charge in [0.15, 0.2) is 11.0 Å². The molecule has 1 aromatic heterocycles. The number of hydrogen-bond acceptors (Lipinski definition) is 4. The number of piperazine rings is 1. The second kappa shape index (κ2) is 6.72. The minimum absolute atomic E-state index is 0.00312. The monoisotopic (exact) mass is 362 g/mol. The van der Waals surface area contributed by atoms with E-state index in [1.165, 1.54) is 4.90 Å². The number of nitrogens with one attached hydrogen (secondary N) is 1. The molecule has 2 heterocycles. The summed E-state index contributed by atoms with van der Waals surface area (Å²) >= 11 is 0.